The van der Waals surface area contributed by atoms with Crippen LogP contribution >= 0.6 is 0 Å². The molecule has 0 bridgehead atoms. The van der Waals surface area contributed by atoms with Gasteiger partial charge in [-0.25, -0.2) is 4.79 Å². The highest BCUT2D eigenvalue weighted by atomic mass is 16.4. The van der Waals surface area contributed by atoms with Crippen LogP contribution in [0.1, 0.15) is 26.7 Å². The fourth-order valence-electron chi connectivity index (χ4n) is 2.04. The minimum absolute atomic E-state index is 0.627. The average molecular weight is 418 g/mol. The van der Waals surface area contributed by atoms with Crippen LogP contribution < -0.4 is 33.2 Å². The molecule has 0 spiro atoms. The first-order chi connectivity index (χ1) is 13.3. The van der Waals surface area contributed by atoms with E-state index in [1.807, 2.05) is 5.32 Å². The Hall–Kier alpha value is -3.26. The Morgan fingerprint density at radius 2 is 1.24 bits per heavy atom. The number of primary amides is 2. The van der Waals surface area contributed by atoms with E-state index in [1.54, 1.807) is 0 Å². The summed E-state index contributed by atoms with van der Waals surface area (Å²) in [6.45, 7) is 2.45. The first kappa shape index (κ1) is 25.7. The van der Waals surface area contributed by atoms with E-state index in [4.69, 9.17) is 22.3 Å². The lowest BCUT2D eigenvalue weighted by Crippen LogP contribution is -2.60. The van der Waals surface area contributed by atoms with Gasteiger partial charge in [0.1, 0.15) is 18.1 Å². The molecule has 14 heteroatoms. The molecule has 0 aromatic carbocycles. The number of aliphatic hydroxyl groups is 1. The molecule has 0 aliphatic rings. The number of carbonyl (C=O) groups is 6. The fraction of sp³-hybridized carbons (Fsp3) is 0.600. The molecule has 11 N–H and O–H groups in total. The van der Waals surface area contributed by atoms with Crippen LogP contribution in [0.2, 0.25) is 0 Å². The van der Waals surface area contributed by atoms with Crippen molar-refractivity contribution in [3.63, 3.8) is 0 Å². The third-order valence-electron chi connectivity index (χ3n) is 3.53. The van der Waals surface area contributed by atoms with Crippen molar-refractivity contribution in [1.29, 1.82) is 0 Å². The van der Waals surface area contributed by atoms with Gasteiger partial charge >= 0.3 is 5.97 Å². The van der Waals surface area contributed by atoms with Crippen LogP contribution in [0.3, 0.4) is 0 Å². The van der Waals surface area contributed by atoms with Gasteiger partial charge in [-0.1, -0.05) is 0 Å². The van der Waals surface area contributed by atoms with E-state index in [2.05, 4.69) is 10.6 Å². The number of carboxylic acid groups (broad SMARTS) is 1. The quantitative estimate of drug-likeness (QED) is 0.151. The van der Waals surface area contributed by atoms with E-state index in [0.717, 1.165) is 6.92 Å². The normalized spacial score (nSPS) is 15.7. The predicted octanol–water partition coefficient (Wildman–Crippen LogP) is -5.00. The van der Waals surface area contributed by atoms with Crippen molar-refractivity contribution in [2.75, 3.05) is 0 Å². The number of rotatable bonds is 12. The van der Waals surface area contributed by atoms with E-state index in [9.17, 15) is 33.9 Å². The molecule has 0 aromatic rings. The molecule has 0 heterocycles. The van der Waals surface area contributed by atoms with Crippen molar-refractivity contribution >= 4 is 35.5 Å². The van der Waals surface area contributed by atoms with Gasteiger partial charge in [0.05, 0.1) is 25.0 Å². The summed E-state index contributed by atoms with van der Waals surface area (Å²) in [6, 6.07) is -5.89. The highest BCUT2D eigenvalue weighted by Gasteiger charge is 2.33. The second kappa shape index (κ2) is 11.6. The van der Waals surface area contributed by atoms with Crippen molar-refractivity contribution in [1.82, 2.24) is 16.0 Å². The van der Waals surface area contributed by atoms with E-state index in [-0.39, 0.29) is 0 Å². The van der Waals surface area contributed by atoms with Crippen LogP contribution in [0, 0.1) is 0 Å². The molecule has 0 aromatic heterocycles. The number of aliphatic hydroxyl groups excluding tert-OH is 1. The third kappa shape index (κ3) is 9.48. The molecule has 5 unspecified atom stereocenters. The van der Waals surface area contributed by atoms with Gasteiger partial charge in [-0.2, -0.15) is 0 Å². The Morgan fingerprint density at radius 3 is 1.62 bits per heavy atom. The van der Waals surface area contributed by atoms with Crippen LogP contribution in [0.5, 0.6) is 0 Å². The predicted molar refractivity (Wildman–Crippen MR) is 96.4 cm³/mol. The number of aliphatic carboxylic acids is 1. The van der Waals surface area contributed by atoms with Crippen LogP contribution in [-0.4, -0.2) is 76.0 Å². The van der Waals surface area contributed by atoms with Crippen LogP contribution in [-0.2, 0) is 28.8 Å². The van der Waals surface area contributed by atoms with Crippen molar-refractivity contribution in [3.05, 3.63) is 0 Å². The standard InChI is InChI=1S/C15H26N6O8/c1-5(16)12(25)19-7(3-9(17)23)13(26)21-11(6(2)22)14(27)20-8(15(28)29)4-10(18)24/h5-8,11,22H,3-4,16H2,1-2H3,(H2,17,23)(H2,18,24)(H,19,25)(H,20,27)(H,21,26)(H,28,29). The van der Waals surface area contributed by atoms with Gasteiger partial charge in [-0.15, -0.1) is 0 Å². The van der Waals surface area contributed by atoms with Crippen molar-refractivity contribution < 1.29 is 39.0 Å². The Kier molecular flexibility index (Phi) is 10.3. The highest BCUT2D eigenvalue weighted by Crippen LogP contribution is 2.01. The highest BCUT2D eigenvalue weighted by molar-refractivity contribution is 5.96. The zero-order chi connectivity index (χ0) is 22.9. The summed E-state index contributed by atoms with van der Waals surface area (Å²) in [6.07, 6.45) is -2.87. The molecular formula is C15H26N6O8. The molecule has 14 nitrogen and oxygen atoms in total. The molecule has 0 fully saturated rings. The Bertz CT molecular complexity index is 665. The maximum absolute atomic E-state index is 12.4. The molecule has 0 aliphatic heterocycles. The smallest absolute Gasteiger partial charge is 0.326 e. The lowest BCUT2D eigenvalue weighted by Gasteiger charge is -2.25. The van der Waals surface area contributed by atoms with Gasteiger partial charge in [-0.3, -0.25) is 24.0 Å². The molecule has 5 amide bonds. The molecular weight excluding hydrogens is 392 g/mol. The first-order valence-electron chi connectivity index (χ1n) is 8.40. The zero-order valence-corrected chi connectivity index (χ0v) is 15.9. The van der Waals surface area contributed by atoms with E-state index in [0.29, 0.717) is 0 Å². The molecule has 0 saturated carbocycles. The van der Waals surface area contributed by atoms with Gasteiger partial charge in [0, 0.05) is 0 Å². The first-order valence-corrected chi connectivity index (χ1v) is 8.40. The maximum atomic E-state index is 12.4. The maximum Gasteiger partial charge on any atom is 0.326 e. The van der Waals surface area contributed by atoms with E-state index in [1.165, 1.54) is 6.92 Å². The SMILES string of the molecule is CC(N)C(=O)NC(CC(N)=O)C(=O)NC(C(=O)NC(CC(N)=O)C(=O)O)C(C)O. The number of hydrogen-bond acceptors (Lipinski definition) is 8. The molecule has 0 saturated heterocycles. The topological polar surface area (TPSA) is 257 Å². The van der Waals surface area contributed by atoms with Crippen molar-refractivity contribution in [2.24, 2.45) is 17.2 Å². The second-order valence-electron chi connectivity index (χ2n) is 6.32. The summed E-state index contributed by atoms with van der Waals surface area (Å²) in [5.41, 5.74) is 15.3. The molecule has 0 rings (SSSR count). The average Bonchev–Trinajstić information content (AvgIpc) is 2.56. The molecule has 0 radical (unpaired) electrons. The number of carbonyl (C=O) groups excluding carboxylic acids is 5. The summed E-state index contributed by atoms with van der Waals surface area (Å²) in [5, 5.41) is 25.0. The van der Waals surface area contributed by atoms with E-state index >= 15 is 0 Å². The Labute approximate surface area is 165 Å². The number of nitrogens with two attached hydrogens (primary N) is 3. The monoisotopic (exact) mass is 418 g/mol. The van der Waals surface area contributed by atoms with Gasteiger partial charge in [0.2, 0.25) is 29.5 Å². The lowest BCUT2D eigenvalue weighted by molar-refractivity contribution is -0.144. The lowest BCUT2D eigenvalue weighted by atomic mass is 10.1. The third-order valence-corrected chi connectivity index (χ3v) is 3.53. The zero-order valence-electron chi connectivity index (χ0n) is 15.9. The van der Waals surface area contributed by atoms with Gasteiger partial charge < -0.3 is 43.4 Å². The molecule has 5 atom stereocenters. The minimum atomic E-state index is -1.70. The molecule has 29 heavy (non-hydrogen) atoms. The van der Waals surface area contributed by atoms with Gasteiger partial charge in [0.15, 0.2) is 0 Å². The summed E-state index contributed by atoms with van der Waals surface area (Å²) in [7, 11) is 0. The summed E-state index contributed by atoms with van der Waals surface area (Å²) in [4.78, 5) is 69.6. The Balaban J connectivity index is 5.39. The number of amides is 5. The summed E-state index contributed by atoms with van der Waals surface area (Å²) < 4.78 is 0. The van der Waals surface area contributed by atoms with Crippen LogP contribution in [0.15, 0.2) is 0 Å². The number of hydrogen-bond donors (Lipinski definition) is 8. The van der Waals surface area contributed by atoms with Gasteiger partial charge in [-0.05, 0) is 13.8 Å². The van der Waals surface area contributed by atoms with Crippen LogP contribution in [0.25, 0.3) is 0 Å². The number of nitrogens with one attached hydrogen (secondary N) is 3. The molecule has 164 valence electrons. The van der Waals surface area contributed by atoms with Gasteiger partial charge in [0.25, 0.3) is 0 Å². The largest absolute Gasteiger partial charge is 0.480 e. The van der Waals surface area contributed by atoms with E-state index < -0.39 is 78.6 Å². The fourth-order valence-corrected chi connectivity index (χ4v) is 2.04. The Morgan fingerprint density at radius 1 is 0.793 bits per heavy atom. The number of carboxylic acids is 1. The summed E-state index contributed by atoms with van der Waals surface area (Å²) in [5.74, 6) is -6.49. The molecule has 0 aliphatic carbocycles. The summed E-state index contributed by atoms with van der Waals surface area (Å²) >= 11 is 0. The van der Waals surface area contributed by atoms with Crippen LogP contribution in [0.4, 0.5) is 0 Å². The van der Waals surface area contributed by atoms with Crippen molar-refractivity contribution in [3.8, 4) is 0 Å². The van der Waals surface area contributed by atoms with Crippen molar-refractivity contribution in [2.45, 2.75) is 57.0 Å². The second-order valence-corrected chi connectivity index (χ2v) is 6.32. The minimum Gasteiger partial charge on any atom is -0.480 e.